The quantitative estimate of drug-likeness (QED) is 0.608. The average molecular weight is 200 g/mol. The standard InChI is InChI=1S/C12H12N2O/c1-2-5-11(6-3-1)14-13-9-8-12-7-4-10-15-12/h1-7,9-10,14H,8H2/b13-9+. The highest BCUT2D eigenvalue weighted by Gasteiger charge is 1.90. The molecule has 0 atom stereocenters. The van der Waals surface area contributed by atoms with Crippen LogP contribution in [0.1, 0.15) is 5.76 Å². The third-order valence-corrected chi connectivity index (χ3v) is 1.93. The zero-order chi connectivity index (χ0) is 10.3. The summed E-state index contributed by atoms with van der Waals surface area (Å²) in [5.41, 5.74) is 3.91. The molecule has 0 bridgehead atoms. The molecule has 0 amide bonds. The van der Waals surface area contributed by atoms with Crippen molar-refractivity contribution in [3.63, 3.8) is 0 Å². The number of benzene rings is 1. The second-order valence-corrected chi connectivity index (χ2v) is 3.07. The molecule has 0 spiro atoms. The molecule has 0 aliphatic heterocycles. The molecular formula is C12H12N2O. The van der Waals surface area contributed by atoms with Gasteiger partial charge in [0, 0.05) is 12.6 Å². The maximum absolute atomic E-state index is 5.17. The molecule has 0 saturated carbocycles. The van der Waals surface area contributed by atoms with E-state index in [1.165, 1.54) is 0 Å². The predicted octanol–water partition coefficient (Wildman–Crippen LogP) is 2.92. The fraction of sp³-hybridized carbons (Fsp3) is 0.0833. The van der Waals surface area contributed by atoms with Gasteiger partial charge >= 0.3 is 0 Å². The highest BCUT2D eigenvalue weighted by atomic mass is 16.3. The monoisotopic (exact) mass is 200 g/mol. The van der Waals surface area contributed by atoms with Gasteiger partial charge in [0.25, 0.3) is 0 Å². The molecule has 0 saturated heterocycles. The molecule has 0 fully saturated rings. The van der Waals surface area contributed by atoms with E-state index < -0.39 is 0 Å². The summed E-state index contributed by atoms with van der Waals surface area (Å²) in [6, 6.07) is 13.6. The summed E-state index contributed by atoms with van der Waals surface area (Å²) in [4.78, 5) is 0. The van der Waals surface area contributed by atoms with E-state index in [1.54, 1.807) is 12.5 Å². The molecule has 1 N–H and O–H groups in total. The number of furan rings is 1. The van der Waals surface area contributed by atoms with Gasteiger partial charge in [-0.2, -0.15) is 5.10 Å². The van der Waals surface area contributed by atoms with Gasteiger partial charge in [0.15, 0.2) is 0 Å². The van der Waals surface area contributed by atoms with Gasteiger partial charge in [0.2, 0.25) is 0 Å². The molecule has 1 aromatic heterocycles. The summed E-state index contributed by atoms with van der Waals surface area (Å²) < 4.78 is 5.17. The summed E-state index contributed by atoms with van der Waals surface area (Å²) >= 11 is 0. The lowest BCUT2D eigenvalue weighted by molar-refractivity contribution is 0.527. The van der Waals surface area contributed by atoms with E-state index in [1.807, 2.05) is 42.5 Å². The number of nitrogens with one attached hydrogen (secondary N) is 1. The van der Waals surface area contributed by atoms with Crippen LogP contribution < -0.4 is 5.43 Å². The van der Waals surface area contributed by atoms with Crippen molar-refractivity contribution < 1.29 is 4.42 Å². The van der Waals surface area contributed by atoms with Crippen molar-refractivity contribution in [1.82, 2.24) is 0 Å². The number of hydrogen-bond acceptors (Lipinski definition) is 3. The minimum Gasteiger partial charge on any atom is -0.469 e. The van der Waals surface area contributed by atoms with Crippen LogP contribution in [0, 0.1) is 0 Å². The maximum Gasteiger partial charge on any atom is 0.109 e. The molecule has 3 nitrogen and oxygen atoms in total. The lowest BCUT2D eigenvalue weighted by Crippen LogP contribution is -1.90. The van der Waals surface area contributed by atoms with Crippen LogP contribution in [0.4, 0.5) is 5.69 Å². The predicted molar refractivity (Wildman–Crippen MR) is 61.0 cm³/mol. The van der Waals surface area contributed by atoms with Crippen molar-refractivity contribution in [2.45, 2.75) is 6.42 Å². The van der Waals surface area contributed by atoms with Crippen LogP contribution >= 0.6 is 0 Å². The summed E-state index contributed by atoms with van der Waals surface area (Å²) in [6.45, 7) is 0. The van der Waals surface area contributed by atoms with Gasteiger partial charge in [-0.1, -0.05) is 18.2 Å². The molecule has 0 radical (unpaired) electrons. The number of hydrazone groups is 1. The molecule has 0 unspecified atom stereocenters. The van der Waals surface area contributed by atoms with Crippen molar-refractivity contribution >= 4 is 11.9 Å². The van der Waals surface area contributed by atoms with Gasteiger partial charge in [-0.05, 0) is 24.3 Å². The molecule has 1 aromatic carbocycles. The Morgan fingerprint density at radius 1 is 1.13 bits per heavy atom. The molecule has 76 valence electrons. The second-order valence-electron chi connectivity index (χ2n) is 3.07. The molecular weight excluding hydrogens is 188 g/mol. The Morgan fingerprint density at radius 2 is 2.00 bits per heavy atom. The smallest absolute Gasteiger partial charge is 0.109 e. The van der Waals surface area contributed by atoms with E-state index in [-0.39, 0.29) is 0 Å². The minimum atomic E-state index is 0.701. The Bertz CT molecular complexity index is 406. The topological polar surface area (TPSA) is 37.5 Å². The lowest BCUT2D eigenvalue weighted by Gasteiger charge is -1.97. The van der Waals surface area contributed by atoms with Gasteiger partial charge in [-0.3, -0.25) is 5.43 Å². The third kappa shape index (κ3) is 2.98. The molecule has 0 aliphatic rings. The summed E-state index contributed by atoms with van der Waals surface area (Å²) in [7, 11) is 0. The van der Waals surface area contributed by atoms with Crippen LogP contribution in [0.2, 0.25) is 0 Å². The Kier molecular flexibility index (Phi) is 3.18. The first kappa shape index (κ1) is 9.52. The van der Waals surface area contributed by atoms with Gasteiger partial charge < -0.3 is 4.42 Å². The van der Waals surface area contributed by atoms with Crippen LogP contribution in [-0.4, -0.2) is 6.21 Å². The van der Waals surface area contributed by atoms with E-state index in [2.05, 4.69) is 10.5 Å². The lowest BCUT2D eigenvalue weighted by atomic mass is 10.3. The number of nitrogens with zero attached hydrogens (tertiary/aromatic N) is 1. The highest BCUT2D eigenvalue weighted by molar-refractivity contribution is 5.62. The first-order valence-electron chi connectivity index (χ1n) is 4.80. The Labute approximate surface area is 88.4 Å². The van der Waals surface area contributed by atoms with E-state index in [0.717, 1.165) is 11.4 Å². The maximum atomic E-state index is 5.17. The van der Waals surface area contributed by atoms with Crippen molar-refractivity contribution in [2.24, 2.45) is 5.10 Å². The zero-order valence-electron chi connectivity index (χ0n) is 8.26. The summed E-state index contributed by atoms with van der Waals surface area (Å²) in [5.74, 6) is 0.911. The van der Waals surface area contributed by atoms with Gasteiger partial charge in [-0.25, -0.2) is 0 Å². The molecule has 2 rings (SSSR count). The van der Waals surface area contributed by atoms with E-state index in [9.17, 15) is 0 Å². The molecule has 0 aliphatic carbocycles. The van der Waals surface area contributed by atoms with Crippen LogP contribution in [0.3, 0.4) is 0 Å². The first-order valence-corrected chi connectivity index (χ1v) is 4.80. The largest absolute Gasteiger partial charge is 0.469 e. The Hall–Kier alpha value is -2.03. The van der Waals surface area contributed by atoms with Crippen LogP contribution in [0.15, 0.2) is 58.2 Å². The molecule has 1 heterocycles. The fourth-order valence-electron chi connectivity index (χ4n) is 1.20. The first-order chi connectivity index (χ1) is 7.45. The number of anilines is 1. The van der Waals surface area contributed by atoms with Crippen molar-refractivity contribution in [3.05, 3.63) is 54.5 Å². The highest BCUT2D eigenvalue weighted by Crippen LogP contribution is 2.04. The van der Waals surface area contributed by atoms with Gasteiger partial charge in [-0.15, -0.1) is 0 Å². The van der Waals surface area contributed by atoms with E-state index in [0.29, 0.717) is 6.42 Å². The van der Waals surface area contributed by atoms with E-state index in [4.69, 9.17) is 4.42 Å². The molecule has 2 aromatic rings. The summed E-state index contributed by atoms with van der Waals surface area (Å²) in [6.07, 6.45) is 4.15. The second kappa shape index (κ2) is 5.00. The molecule has 3 heteroatoms. The number of para-hydroxylation sites is 1. The number of hydrogen-bond donors (Lipinski definition) is 1. The van der Waals surface area contributed by atoms with Crippen LogP contribution in [-0.2, 0) is 6.42 Å². The van der Waals surface area contributed by atoms with Crippen molar-refractivity contribution in [1.29, 1.82) is 0 Å². The van der Waals surface area contributed by atoms with E-state index >= 15 is 0 Å². The average Bonchev–Trinajstić information content (AvgIpc) is 2.79. The van der Waals surface area contributed by atoms with Gasteiger partial charge in [0.1, 0.15) is 5.76 Å². The third-order valence-electron chi connectivity index (χ3n) is 1.93. The van der Waals surface area contributed by atoms with Crippen LogP contribution in [0.5, 0.6) is 0 Å². The van der Waals surface area contributed by atoms with Crippen molar-refractivity contribution in [2.75, 3.05) is 5.43 Å². The normalized spacial score (nSPS) is 10.7. The zero-order valence-corrected chi connectivity index (χ0v) is 8.26. The SMILES string of the molecule is C(/Cc1ccco1)=N\Nc1ccccc1. The Morgan fingerprint density at radius 3 is 2.73 bits per heavy atom. The molecule has 15 heavy (non-hydrogen) atoms. The fourth-order valence-corrected chi connectivity index (χ4v) is 1.20. The van der Waals surface area contributed by atoms with Crippen molar-refractivity contribution in [3.8, 4) is 0 Å². The summed E-state index contributed by atoms with van der Waals surface area (Å²) in [5, 5.41) is 4.08. The van der Waals surface area contributed by atoms with Crippen LogP contribution in [0.25, 0.3) is 0 Å². The minimum absolute atomic E-state index is 0.701. The van der Waals surface area contributed by atoms with Gasteiger partial charge in [0.05, 0.1) is 12.0 Å². The number of rotatable bonds is 4. The Balaban J connectivity index is 1.81.